The number of nitro groups is 1. The van der Waals surface area contributed by atoms with E-state index < -0.39 is 10.8 Å². The third kappa shape index (κ3) is 4.07. The van der Waals surface area contributed by atoms with E-state index in [-0.39, 0.29) is 17.7 Å². The van der Waals surface area contributed by atoms with E-state index in [1.54, 1.807) is 24.1 Å². The van der Waals surface area contributed by atoms with Crippen LogP contribution in [0.15, 0.2) is 60.7 Å². The number of carbonyl (C=O) groups excluding carboxylic acids is 1. The highest BCUT2D eigenvalue weighted by Crippen LogP contribution is 2.29. The average molecular weight is 374 g/mol. The minimum atomic E-state index is -0.523. The largest absolute Gasteiger partial charge is 0.368 e. The van der Waals surface area contributed by atoms with Crippen LogP contribution in [0, 0.1) is 21.4 Å². The van der Waals surface area contributed by atoms with Crippen LogP contribution in [0.5, 0.6) is 0 Å². The van der Waals surface area contributed by atoms with Gasteiger partial charge < -0.3 is 10.2 Å². The average Bonchev–Trinajstić information content (AvgIpc) is 2.71. The Morgan fingerprint density at radius 1 is 1.14 bits per heavy atom. The van der Waals surface area contributed by atoms with Gasteiger partial charge in [-0.15, -0.1) is 0 Å². The zero-order chi connectivity index (χ0) is 20.1. The molecule has 0 aliphatic rings. The Hall–Kier alpha value is -3.92. The molecule has 3 rings (SSSR count). The number of carbonyl (C=O) groups is 1. The predicted octanol–water partition coefficient (Wildman–Crippen LogP) is 4.35. The van der Waals surface area contributed by atoms with Crippen LogP contribution in [0.4, 0.5) is 17.1 Å². The van der Waals surface area contributed by atoms with Crippen molar-refractivity contribution in [2.45, 2.75) is 6.42 Å². The zero-order valence-corrected chi connectivity index (χ0v) is 15.3. The molecule has 28 heavy (non-hydrogen) atoms. The van der Waals surface area contributed by atoms with Gasteiger partial charge in [0, 0.05) is 30.9 Å². The summed E-state index contributed by atoms with van der Waals surface area (Å²) in [5.41, 5.74) is 0.993. The number of hydrogen-bond donors (Lipinski definition) is 1. The smallest absolute Gasteiger partial charge is 0.293 e. The Morgan fingerprint density at radius 2 is 1.89 bits per heavy atom. The van der Waals surface area contributed by atoms with E-state index in [0.717, 1.165) is 10.8 Å². The number of nitriles is 1. The van der Waals surface area contributed by atoms with Crippen LogP contribution in [-0.4, -0.2) is 24.4 Å². The predicted molar refractivity (Wildman–Crippen MR) is 108 cm³/mol. The van der Waals surface area contributed by atoms with Crippen molar-refractivity contribution in [1.82, 2.24) is 0 Å². The molecule has 0 spiro atoms. The van der Waals surface area contributed by atoms with Gasteiger partial charge in [0.2, 0.25) is 0 Å². The van der Waals surface area contributed by atoms with Crippen molar-refractivity contribution in [1.29, 1.82) is 5.26 Å². The number of hydrogen-bond acceptors (Lipinski definition) is 5. The highest BCUT2D eigenvalue weighted by molar-refractivity contribution is 6.06. The molecule has 140 valence electrons. The van der Waals surface area contributed by atoms with Gasteiger partial charge in [-0.05, 0) is 35.0 Å². The van der Waals surface area contributed by atoms with E-state index >= 15 is 0 Å². The summed E-state index contributed by atoms with van der Waals surface area (Å²) < 4.78 is 0. The monoisotopic (exact) mass is 374 g/mol. The van der Waals surface area contributed by atoms with Gasteiger partial charge in [-0.1, -0.05) is 30.3 Å². The van der Waals surface area contributed by atoms with Crippen molar-refractivity contribution in [3.63, 3.8) is 0 Å². The fraction of sp³-hybridized carbons (Fsp3) is 0.143. The van der Waals surface area contributed by atoms with Gasteiger partial charge in [0.15, 0.2) is 0 Å². The van der Waals surface area contributed by atoms with E-state index in [4.69, 9.17) is 5.26 Å². The van der Waals surface area contributed by atoms with Gasteiger partial charge >= 0.3 is 0 Å². The molecule has 0 saturated heterocycles. The zero-order valence-electron chi connectivity index (χ0n) is 15.3. The van der Waals surface area contributed by atoms with Crippen LogP contribution in [0.25, 0.3) is 10.8 Å². The summed E-state index contributed by atoms with van der Waals surface area (Å²) in [5, 5.41) is 25.0. The lowest BCUT2D eigenvalue weighted by Gasteiger charge is -2.18. The Morgan fingerprint density at radius 3 is 2.61 bits per heavy atom. The molecule has 0 aromatic heterocycles. The molecule has 0 fully saturated rings. The number of rotatable bonds is 6. The van der Waals surface area contributed by atoms with Crippen LogP contribution in [0.3, 0.4) is 0 Å². The summed E-state index contributed by atoms with van der Waals surface area (Å²) in [7, 11) is 1.68. The first-order valence-electron chi connectivity index (χ1n) is 8.66. The van der Waals surface area contributed by atoms with E-state index in [0.29, 0.717) is 17.9 Å². The van der Waals surface area contributed by atoms with Crippen molar-refractivity contribution in [3.05, 3.63) is 76.3 Å². The molecule has 3 aromatic rings. The normalized spacial score (nSPS) is 10.3. The molecule has 1 N–H and O–H groups in total. The van der Waals surface area contributed by atoms with E-state index in [9.17, 15) is 14.9 Å². The quantitative estimate of drug-likeness (QED) is 0.511. The molecule has 0 aliphatic heterocycles. The summed E-state index contributed by atoms with van der Waals surface area (Å²) in [6.45, 7) is 0.361. The molecule has 0 aliphatic carbocycles. The molecule has 0 radical (unpaired) electrons. The number of anilines is 2. The molecule has 0 atom stereocenters. The first-order chi connectivity index (χ1) is 13.5. The highest BCUT2D eigenvalue weighted by atomic mass is 16.6. The maximum absolute atomic E-state index is 12.6. The summed E-state index contributed by atoms with van der Waals surface area (Å²) in [6.07, 6.45) is 0.248. The minimum absolute atomic E-state index is 0.174. The molecule has 3 aromatic carbocycles. The number of nitro benzene ring substituents is 1. The van der Waals surface area contributed by atoms with Crippen molar-refractivity contribution < 1.29 is 9.72 Å². The van der Waals surface area contributed by atoms with Crippen molar-refractivity contribution in [2.24, 2.45) is 0 Å². The summed E-state index contributed by atoms with van der Waals surface area (Å²) in [6, 6.07) is 19.7. The third-order valence-corrected chi connectivity index (χ3v) is 4.41. The first-order valence-corrected chi connectivity index (χ1v) is 8.66. The summed E-state index contributed by atoms with van der Waals surface area (Å²) >= 11 is 0. The lowest BCUT2D eigenvalue weighted by atomic mass is 10.1. The van der Waals surface area contributed by atoms with E-state index in [2.05, 4.69) is 5.32 Å². The number of nitrogens with one attached hydrogen (secondary N) is 1. The second-order valence-corrected chi connectivity index (χ2v) is 6.31. The van der Waals surface area contributed by atoms with Crippen molar-refractivity contribution in [2.75, 3.05) is 23.8 Å². The standard InChI is InChI=1S/C21H18N4O3/c1-24(12-4-11-22)19-10-8-17(14-20(19)25(27)28)21(26)23-18-9-7-15-5-2-3-6-16(15)13-18/h2-3,5-10,13-14H,4,12H2,1H3,(H,23,26). The topological polar surface area (TPSA) is 99.3 Å². The lowest BCUT2D eigenvalue weighted by Crippen LogP contribution is -2.20. The van der Waals surface area contributed by atoms with Gasteiger partial charge in [-0.2, -0.15) is 5.26 Å². The van der Waals surface area contributed by atoms with Gasteiger partial charge in [-0.3, -0.25) is 14.9 Å². The van der Waals surface area contributed by atoms with Crippen LogP contribution in [-0.2, 0) is 0 Å². The van der Waals surface area contributed by atoms with E-state index in [1.165, 1.54) is 12.1 Å². The highest BCUT2D eigenvalue weighted by Gasteiger charge is 2.20. The number of benzene rings is 3. The molecule has 1 amide bonds. The lowest BCUT2D eigenvalue weighted by molar-refractivity contribution is -0.384. The second-order valence-electron chi connectivity index (χ2n) is 6.31. The molecule has 0 saturated carbocycles. The first kappa shape index (κ1) is 18.9. The SMILES string of the molecule is CN(CCC#N)c1ccc(C(=O)Nc2ccc3ccccc3c2)cc1[N+](=O)[O-]. The molecule has 0 unspecified atom stereocenters. The Balaban J connectivity index is 1.85. The third-order valence-electron chi connectivity index (χ3n) is 4.41. The minimum Gasteiger partial charge on any atom is -0.368 e. The van der Waals surface area contributed by atoms with Gasteiger partial charge in [0.05, 0.1) is 17.4 Å². The van der Waals surface area contributed by atoms with Crippen molar-refractivity contribution >= 4 is 33.7 Å². The summed E-state index contributed by atoms with van der Waals surface area (Å²) in [5.74, 6) is -0.426. The fourth-order valence-electron chi connectivity index (χ4n) is 2.94. The van der Waals surface area contributed by atoms with Crippen molar-refractivity contribution in [3.8, 4) is 6.07 Å². The number of fused-ring (bicyclic) bond motifs is 1. The Kier molecular flexibility index (Phi) is 5.51. The fourth-order valence-corrected chi connectivity index (χ4v) is 2.94. The number of nitrogens with zero attached hydrogens (tertiary/aromatic N) is 3. The second kappa shape index (κ2) is 8.18. The maximum Gasteiger partial charge on any atom is 0.293 e. The van der Waals surface area contributed by atoms with Gasteiger partial charge in [-0.25, -0.2) is 0 Å². The maximum atomic E-state index is 12.6. The molecular weight excluding hydrogens is 356 g/mol. The molecule has 7 heteroatoms. The molecular formula is C21H18N4O3. The van der Waals surface area contributed by atoms with Crippen LogP contribution in [0.1, 0.15) is 16.8 Å². The summed E-state index contributed by atoms with van der Waals surface area (Å²) in [4.78, 5) is 25.2. The van der Waals surface area contributed by atoms with E-state index in [1.807, 2.05) is 42.5 Å². The molecule has 7 nitrogen and oxygen atoms in total. The number of amides is 1. The van der Waals surface area contributed by atoms with Gasteiger partial charge in [0.1, 0.15) is 5.69 Å². The molecule has 0 bridgehead atoms. The van der Waals surface area contributed by atoms with Gasteiger partial charge in [0.25, 0.3) is 11.6 Å². The Bertz CT molecular complexity index is 1090. The molecule has 0 heterocycles. The van der Waals surface area contributed by atoms with Crippen LogP contribution in [0.2, 0.25) is 0 Å². The van der Waals surface area contributed by atoms with Crippen LogP contribution >= 0.6 is 0 Å². The Labute approximate surface area is 162 Å². The van der Waals surface area contributed by atoms with Crippen LogP contribution < -0.4 is 10.2 Å².